The number of carbonyl (C=O) groups excluding carboxylic acids is 1. The molecular weight excluding hydrogens is 276 g/mol. The van der Waals surface area contributed by atoms with Crippen LogP contribution in [0.25, 0.3) is 0 Å². The van der Waals surface area contributed by atoms with Crippen molar-refractivity contribution in [1.29, 1.82) is 0 Å². The Kier molecular flexibility index (Phi) is 4.56. The maximum Gasteiger partial charge on any atom is 0.211 e. The van der Waals surface area contributed by atoms with Gasteiger partial charge < -0.3 is 5.73 Å². The van der Waals surface area contributed by atoms with Gasteiger partial charge in [0.05, 0.1) is 6.26 Å². The van der Waals surface area contributed by atoms with Gasteiger partial charge in [-0.05, 0) is 31.6 Å². The van der Waals surface area contributed by atoms with Gasteiger partial charge in [0.25, 0.3) is 0 Å². The van der Waals surface area contributed by atoms with Crippen LogP contribution in [-0.2, 0) is 14.8 Å². The van der Waals surface area contributed by atoms with Crippen LogP contribution in [-0.4, -0.2) is 43.9 Å². The van der Waals surface area contributed by atoms with E-state index in [4.69, 9.17) is 5.73 Å². The standard InChI is InChI=1S/C14H26N2O3S/c1-14(7-3-6-12(14)15)13(17)9-11-5-4-8-16(10-11)20(2,18)19/h11-12H,3-10,15H2,1-2H3. The summed E-state index contributed by atoms with van der Waals surface area (Å²) in [7, 11) is -3.14. The van der Waals surface area contributed by atoms with Gasteiger partial charge >= 0.3 is 0 Å². The Balaban J connectivity index is 1.98. The Labute approximate surface area is 121 Å². The van der Waals surface area contributed by atoms with Gasteiger partial charge in [-0.25, -0.2) is 12.7 Å². The Hall–Kier alpha value is -0.460. The monoisotopic (exact) mass is 302 g/mol. The molecule has 2 N–H and O–H groups in total. The molecule has 0 amide bonds. The number of rotatable bonds is 4. The molecule has 2 rings (SSSR count). The number of nitrogens with two attached hydrogens (primary N) is 1. The second-order valence-electron chi connectivity index (χ2n) is 6.67. The van der Waals surface area contributed by atoms with E-state index in [0.29, 0.717) is 19.5 Å². The average Bonchev–Trinajstić information content (AvgIpc) is 2.70. The van der Waals surface area contributed by atoms with E-state index in [0.717, 1.165) is 32.1 Å². The summed E-state index contributed by atoms with van der Waals surface area (Å²) in [4.78, 5) is 12.6. The van der Waals surface area contributed by atoms with Crippen LogP contribution in [0.3, 0.4) is 0 Å². The molecular formula is C14H26N2O3S. The maximum atomic E-state index is 12.6. The van der Waals surface area contributed by atoms with E-state index in [9.17, 15) is 13.2 Å². The number of Topliss-reactive ketones (excluding diaryl/α,β-unsaturated/α-hetero) is 1. The lowest BCUT2D eigenvalue weighted by Crippen LogP contribution is -2.44. The minimum absolute atomic E-state index is 0.0374. The second-order valence-corrected chi connectivity index (χ2v) is 8.66. The quantitative estimate of drug-likeness (QED) is 0.844. The number of hydrogen-bond acceptors (Lipinski definition) is 4. The van der Waals surface area contributed by atoms with E-state index in [1.807, 2.05) is 6.92 Å². The minimum Gasteiger partial charge on any atom is -0.327 e. The van der Waals surface area contributed by atoms with Crippen LogP contribution in [0, 0.1) is 11.3 Å². The van der Waals surface area contributed by atoms with Gasteiger partial charge in [-0.3, -0.25) is 4.79 Å². The van der Waals surface area contributed by atoms with E-state index < -0.39 is 15.4 Å². The third-order valence-electron chi connectivity index (χ3n) is 5.09. The number of piperidine rings is 1. The normalized spacial score (nSPS) is 36.1. The van der Waals surface area contributed by atoms with Crippen molar-refractivity contribution in [3.05, 3.63) is 0 Å². The van der Waals surface area contributed by atoms with Crippen LogP contribution in [0.5, 0.6) is 0 Å². The Morgan fingerprint density at radius 2 is 2.05 bits per heavy atom. The number of sulfonamides is 1. The lowest BCUT2D eigenvalue weighted by molar-refractivity contribution is -0.129. The first kappa shape index (κ1) is 15.9. The summed E-state index contributed by atoms with van der Waals surface area (Å²) in [5.41, 5.74) is 5.69. The summed E-state index contributed by atoms with van der Waals surface area (Å²) in [6.45, 7) is 3.04. The van der Waals surface area contributed by atoms with Crippen molar-refractivity contribution in [2.45, 2.75) is 51.5 Å². The van der Waals surface area contributed by atoms with E-state index >= 15 is 0 Å². The molecule has 3 unspecified atom stereocenters. The predicted octanol–water partition coefficient (Wildman–Crippen LogP) is 1.13. The highest BCUT2D eigenvalue weighted by atomic mass is 32.2. The predicted molar refractivity (Wildman–Crippen MR) is 78.7 cm³/mol. The molecule has 116 valence electrons. The molecule has 2 fully saturated rings. The van der Waals surface area contributed by atoms with E-state index in [-0.39, 0.29) is 17.7 Å². The smallest absolute Gasteiger partial charge is 0.211 e. The Morgan fingerprint density at radius 1 is 1.35 bits per heavy atom. The van der Waals surface area contributed by atoms with Crippen LogP contribution >= 0.6 is 0 Å². The summed E-state index contributed by atoms with van der Waals surface area (Å²) in [6.07, 6.45) is 6.29. The molecule has 0 spiro atoms. The van der Waals surface area contributed by atoms with Gasteiger partial charge in [0.2, 0.25) is 10.0 Å². The second kappa shape index (κ2) is 5.73. The SMILES string of the molecule is CC1(C(=O)CC2CCCN(S(C)(=O)=O)C2)CCCC1N. The lowest BCUT2D eigenvalue weighted by atomic mass is 9.76. The molecule has 1 aliphatic heterocycles. The van der Waals surface area contributed by atoms with Crippen LogP contribution in [0.2, 0.25) is 0 Å². The zero-order valence-electron chi connectivity index (χ0n) is 12.5. The van der Waals surface area contributed by atoms with Gasteiger partial charge in [-0.15, -0.1) is 0 Å². The third kappa shape index (κ3) is 3.23. The largest absolute Gasteiger partial charge is 0.327 e. The highest BCUT2D eigenvalue weighted by Crippen LogP contribution is 2.39. The molecule has 0 radical (unpaired) electrons. The molecule has 20 heavy (non-hydrogen) atoms. The molecule has 2 aliphatic rings. The molecule has 1 saturated heterocycles. The topological polar surface area (TPSA) is 80.5 Å². The zero-order valence-corrected chi connectivity index (χ0v) is 13.3. The number of carbonyl (C=O) groups is 1. The Bertz CT molecular complexity index is 477. The maximum absolute atomic E-state index is 12.6. The van der Waals surface area contributed by atoms with Crippen LogP contribution < -0.4 is 5.73 Å². The molecule has 0 aromatic rings. The molecule has 0 aromatic heterocycles. The fourth-order valence-electron chi connectivity index (χ4n) is 3.53. The van der Waals surface area contributed by atoms with Crippen molar-refractivity contribution in [3.63, 3.8) is 0 Å². The first-order valence-corrected chi connectivity index (χ1v) is 9.32. The van der Waals surface area contributed by atoms with Gasteiger partial charge in [-0.1, -0.05) is 13.3 Å². The summed E-state index contributed by atoms with van der Waals surface area (Å²) < 4.78 is 24.7. The molecule has 1 aliphatic carbocycles. The van der Waals surface area contributed by atoms with Gasteiger partial charge in [0.1, 0.15) is 5.78 Å². The van der Waals surface area contributed by atoms with Crippen molar-refractivity contribution in [1.82, 2.24) is 4.31 Å². The highest BCUT2D eigenvalue weighted by molar-refractivity contribution is 7.88. The summed E-state index contributed by atoms with van der Waals surface area (Å²) in [5, 5.41) is 0. The number of hydrogen-bond donors (Lipinski definition) is 1. The first-order valence-electron chi connectivity index (χ1n) is 7.47. The molecule has 5 nitrogen and oxygen atoms in total. The zero-order chi connectivity index (χ0) is 15.0. The highest BCUT2D eigenvalue weighted by Gasteiger charge is 2.43. The summed E-state index contributed by atoms with van der Waals surface area (Å²) in [5.74, 6) is 0.374. The average molecular weight is 302 g/mol. The third-order valence-corrected chi connectivity index (χ3v) is 6.36. The van der Waals surface area contributed by atoms with E-state index in [2.05, 4.69) is 0 Å². The fourth-order valence-corrected chi connectivity index (χ4v) is 4.47. The van der Waals surface area contributed by atoms with Crippen molar-refractivity contribution in [2.75, 3.05) is 19.3 Å². The molecule has 1 saturated carbocycles. The molecule has 0 bridgehead atoms. The first-order chi connectivity index (χ1) is 9.23. The fraction of sp³-hybridized carbons (Fsp3) is 0.929. The van der Waals surface area contributed by atoms with Gasteiger partial charge in [0, 0.05) is 31.0 Å². The summed E-state index contributed by atoms with van der Waals surface area (Å²) in [6, 6.07) is -0.0374. The van der Waals surface area contributed by atoms with Crippen molar-refractivity contribution in [3.8, 4) is 0 Å². The van der Waals surface area contributed by atoms with Crippen molar-refractivity contribution < 1.29 is 13.2 Å². The van der Waals surface area contributed by atoms with Crippen LogP contribution in [0.1, 0.15) is 45.4 Å². The van der Waals surface area contributed by atoms with Crippen molar-refractivity contribution >= 4 is 15.8 Å². The number of ketones is 1. The summed E-state index contributed by atoms with van der Waals surface area (Å²) >= 11 is 0. The van der Waals surface area contributed by atoms with E-state index in [1.165, 1.54) is 10.6 Å². The molecule has 0 aromatic carbocycles. The van der Waals surface area contributed by atoms with Crippen LogP contribution in [0.15, 0.2) is 0 Å². The lowest BCUT2D eigenvalue weighted by Gasteiger charge is -2.33. The van der Waals surface area contributed by atoms with Gasteiger partial charge in [-0.2, -0.15) is 0 Å². The Morgan fingerprint density at radius 3 is 2.60 bits per heavy atom. The molecule has 3 atom stereocenters. The van der Waals surface area contributed by atoms with Gasteiger partial charge in [0.15, 0.2) is 0 Å². The number of nitrogens with zero attached hydrogens (tertiary/aromatic N) is 1. The van der Waals surface area contributed by atoms with E-state index in [1.54, 1.807) is 0 Å². The molecule has 1 heterocycles. The van der Waals surface area contributed by atoms with Crippen molar-refractivity contribution in [2.24, 2.45) is 17.1 Å². The van der Waals surface area contributed by atoms with Crippen LogP contribution in [0.4, 0.5) is 0 Å². The molecule has 6 heteroatoms. The minimum atomic E-state index is -3.14.